The normalized spacial score (nSPS) is 13.0. The van der Waals surface area contributed by atoms with Gasteiger partial charge in [0.1, 0.15) is 6.10 Å². The van der Waals surface area contributed by atoms with Crippen molar-refractivity contribution < 1.29 is 29.0 Å². The average molecular weight is 755 g/mol. The smallest absolute Gasteiger partial charge is 0.434 e. The summed E-state index contributed by atoms with van der Waals surface area (Å²) >= 11 is 0. The maximum absolute atomic E-state index is 14.5. The van der Waals surface area contributed by atoms with Crippen LogP contribution in [-0.2, 0) is 9.53 Å². The third kappa shape index (κ3) is 9.97. The molecular formula is C44H46N6O6. The summed E-state index contributed by atoms with van der Waals surface area (Å²) in [6.07, 6.45) is -1.59. The minimum absolute atomic E-state index is 0.184. The van der Waals surface area contributed by atoms with Crippen molar-refractivity contribution in [2.24, 2.45) is 0 Å². The molecule has 12 heteroatoms. The predicted molar refractivity (Wildman–Crippen MR) is 219 cm³/mol. The van der Waals surface area contributed by atoms with Gasteiger partial charge in [-0.05, 0) is 60.8 Å². The van der Waals surface area contributed by atoms with E-state index in [0.717, 1.165) is 21.1 Å². The molecule has 0 saturated carbocycles. The van der Waals surface area contributed by atoms with E-state index >= 15 is 0 Å². The number of para-hydroxylation sites is 2. The van der Waals surface area contributed by atoms with Gasteiger partial charge in [-0.1, -0.05) is 110 Å². The maximum atomic E-state index is 14.5. The number of nitrogens with zero attached hydrogens (tertiary/aromatic N) is 3. The fraction of sp³-hybridized carbons (Fsp3) is 0.227. The van der Waals surface area contributed by atoms with Crippen LogP contribution < -0.4 is 26.0 Å². The molecule has 1 saturated heterocycles. The first-order valence-corrected chi connectivity index (χ1v) is 18.8. The molecule has 0 bridgehead atoms. The van der Waals surface area contributed by atoms with E-state index in [4.69, 9.17) is 4.74 Å². The highest BCUT2D eigenvalue weighted by Crippen LogP contribution is 2.38. The average Bonchev–Trinajstić information content (AvgIpc) is 3.23. The second-order valence-corrected chi connectivity index (χ2v) is 13.3. The highest BCUT2D eigenvalue weighted by molar-refractivity contribution is 6.06. The molecule has 1 aliphatic heterocycles. The van der Waals surface area contributed by atoms with Crippen LogP contribution in [0.2, 0.25) is 0 Å². The molecule has 0 aliphatic carbocycles. The van der Waals surface area contributed by atoms with Gasteiger partial charge in [-0.25, -0.2) is 9.59 Å². The fourth-order valence-electron chi connectivity index (χ4n) is 6.68. The molecule has 0 aromatic heterocycles. The number of hydrogen-bond acceptors (Lipinski definition) is 7. The SMILES string of the molecule is CCNCC(=O)Nc1cccc(C(=O)NCCN2CCC(OC(=O)N(c3ccccc3-c3ccccc3)N(C(=O)O)c3ccccc3-c3ccccc3)CC2)c1. The molecule has 12 nitrogen and oxygen atoms in total. The number of amides is 4. The molecule has 56 heavy (non-hydrogen) atoms. The third-order valence-electron chi connectivity index (χ3n) is 9.45. The van der Waals surface area contributed by atoms with E-state index in [1.165, 1.54) is 0 Å². The van der Waals surface area contributed by atoms with E-state index in [1.54, 1.807) is 48.5 Å². The van der Waals surface area contributed by atoms with E-state index in [2.05, 4.69) is 20.9 Å². The molecule has 0 atom stereocenters. The zero-order valence-electron chi connectivity index (χ0n) is 31.3. The Kier molecular flexibility index (Phi) is 13.4. The van der Waals surface area contributed by atoms with Gasteiger partial charge in [0.25, 0.3) is 5.91 Å². The number of piperidine rings is 1. The Morgan fingerprint density at radius 3 is 1.89 bits per heavy atom. The number of rotatable bonds is 13. The Hall–Kier alpha value is -6.50. The number of carboxylic acid groups (broad SMARTS) is 1. The Balaban J connectivity index is 1.15. The van der Waals surface area contributed by atoms with E-state index in [-0.39, 0.29) is 18.4 Å². The Morgan fingerprint density at radius 2 is 1.30 bits per heavy atom. The first-order chi connectivity index (χ1) is 27.3. The van der Waals surface area contributed by atoms with Crippen LogP contribution in [0.25, 0.3) is 22.3 Å². The van der Waals surface area contributed by atoms with Crippen molar-refractivity contribution in [1.82, 2.24) is 15.5 Å². The highest BCUT2D eigenvalue weighted by atomic mass is 16.6. The number of carbonyl (C=O) groups excluding carboxylic acids is 3. The lowest BCUT2D eigenvalue weighted by atomic mass is 10.0. The molecule has 0 radical (unpaired) electrons. The highest BCUT2D eigenvalue weighted by Gasteiger charge is 2.35. The number of hydrazine groups is 1. The second-order valence-electron chi connectivity index (χ2n) is 13.3. The topological polar surface area (TPSA) is 144 Å². The van der Waals surface area contributed by atoms with Gasteiger partial charge < -0.3 is 30.7 Å². The molecule has 0 spiro atoms. The van der Waals surface area contributed by atoms with Crippen LogP contribution in [0.3, 0.4) is 0 Å². The number of nitrogens with one attached hydrogen (secondary N) is 3. The monoisotopic (exact) mass is 754 g/mol. The van der Waals surface area contributed by atoms with Gasteiger partial charge in [0.15, 0.2) is 0 Å². The number of ether oxygens (including phenoxy) is 1. The van der Waals surface area contributed by atoms with Crippen LogP contribution in [-0.4, -0.2) is 79.4 Å². The minimum Gasteiger partial charge on any atom is -0.463 e. The maximum Gasteiger partial charge on any atom is 0.434 e. The van der Waals surface area contributed by atoms with Crippen molar-refractivity contribution in [3.8, 4) is 22.3 Å². The Labute approximate surface area is 326 Å². The van der Waals surface area contributed by atoms with Crippen molar-refractivity contribution in [2.75, 3.05) is 54.6 Å². The molecule has 1 heterocycles. The van der Waals surface area contributed by atoms with Gasteiger partial charge in [0.05, 0.1) is 17.9 Å². The zero-order valence-corrected chi connectivity index (χ0v) is 31.3. The largest absolute Gasteiger partial charge is 0.463 e. The van der Waals surface area contributed by atoms with E-state index in [9.17, 15) is 24.3 Å². The standard InChI is InChI=1S/C44H46N6O6/c1-2-45-31-41(51)47-35-19-13-18-34(30-35)42(52)46-26-29-48-27-24-36(25-28-48)56-44(55)50(40-23-12-10-21-38(40)33-16-7-4-8-17-33)49(43(53)54)39-22-11-9-20-37(39)32-14-5-3-6-15-32/h3-23,30,36,45H,2,24-29,31H2,1H3,(H,46,52)(H,47,51)(H,53,54). The minimum atomic E-state index is -1.36. The number of hydrogen-bond donors (Lipinski definition) is 4. The van der Waals surface area contributed by atoms with Gasteiger partial charge in [0, 0.05) is 48.6 Å². The first-order valence-electron chi connectivity index (χ1n) is 18.8. The lowest BCUT2D eigenvalue weighted by Gasteiger charge is -2.36. The van der Waals surface area contributed by atoms with Gasteiger partial charge in [0.2, 0.25) is 5.91 Å². The molecule has 1 fully saturated rings. The molecule has 288 valence electrons. The summed E-state index contributed by atoms with van der Waals surface area (Å²) < 4.78 is 6.16. The third-order valence-corrected chi connectivity index (χ3v) is 9.45. The first kappa shape index (κ1) is 39.2. The molecule has 6 rings (SSSR count). The molecule has 4 amide bonds. The zero-order chi connectivity index (χ0) is 39.3. The summed E-state index contributed by atoms with van der Waals surface area (Å²) in [5, 5.41) is 21.7. The summed E-state index contributed by atoms with van der Waals surface area (Å²) in [4.78, 5) is 55.0. The van der Waals surface area contributed by atoms with Crippen molar-refractivity contribution in [3.05, 3.63) is 139 Å². The van der Waals surface area contributed by atoms with Crippen LogP contribution in [0.5, 0.6) is 0 Å². The summed E-state index contributed by atoms with van der Waals surface area (Å²) in [5.74, 6) is -0.430. The fourth-order valence-corrected chi connectivity index (χ4v) is 6.68. The lowest BCUT2D eigenvalue weighted by molar-refractivity contribution is -0.115. The van der Waals surface area contributed by atoms with Crippen LogP contribution in [0.1, 0.15) is 30.1 Å². The van der Waals surface area contributed by atoms with Gasteiger partial charge in [-0.15, -0.1) is 0 Å². The van der Waals surface area contributed by atoms with Gasteiger partial charge in [-0.3, -0.25) is 9.59 Å². The predicted octanol–water partition coefficient (Wildman–Crippen LogP) is 7.51. The van der Waals surface area contributed by atoms with Crippen LogP contribution in [0.15, 0.2) is 133 Å². The summed E-state index contributed by atoms with van der Waals surface area (Å²) in [5.41, 5.74) is 4.52. The molecule has 4 N–H and O–H groups in total. The molecule has 0 unspecified atom stereocenters. The van der Waals surface area contributed by atoms with Crippen LogP contribution in [0.4, 0.5) is 26.7 Å². The number of likely N-dealkylation sites (tertiary alicyclic amines) is 1. The second kappa shape index (κ2) is 19.2. The van der Waals surface area contributed by atoms with Crippen molar-refractivity contribution in [3.63, 3.8) is 0 Å². The lowest BCUT2D eigenvalue weighted by Crippen LogP contribution is -2.52. The van der Waals surface area contributed by atoms with Crippen LogP contribution in [0, 0.1) is 0 Å². The number of benzene rings is 5. The number of likely N-dealkylation sites (N-methyl/N-ethyl adjacent to an activating group) is 1. The summed E-state index contributed by atoms with van der Waals surface area (Å²) in [6.45, 7) is 5.00. The Morgan fingerprint density at radius 1 is 0.732 bits per heavy atom. The van der Waals surface area contributed by atoms with E-state index in [0.29, 0.717) is 79.3 Å². The van der Waals surface area contributed by atoms with Crippen molar-refractivity contribution >= 4 is 41.1 Å². The molecule has 5 aromatic rings. The van der Waals surface area contributed by atoms with Gasteiger partial charge in [-0.2, -0.15) is 10.0 Å². The van der Waals surface area contributed by atoms with Crippen molar-refractivity contribution in [2.45, 2.75) is 25.9 Å². The van der Waals surface area contributed by atoms with Gasteiger partial charge >= 0.3 is 12.2 Å². The molecule has 5 aromatic carbocycles. The molecule has 1 aliphatic rings. The van der Waals surface area contributed by atoms with E-state index < -0.39 is 18.3 Å². The summed E-state index contributed by atoms with van der Waals surface area (Å²) in [6, 6.07) is 40.0. The van der Waals surface area contributed by atoms with Crippen molar-refractivity contribution in [1.29, 1.82) is 0 Å². The molecular weight excluding hydrogens is 709 g/mol. The number of anilines is 3. The number of carbonyl (C=O) groups is 4. The quantitative estimate of drug-likeness (QED) is 0.0906. The van der Waals surface area contributed by atoms with Crippen LogP contribution >= 0.6 is 0 Å². The summed E-state index contributed by atoms with van der Waals surface area (Å²) in [7, 11) is 0. The van der Waals surface area contributed by atoms with E-state index in [1.807, 2.05) is 91.9 Å². The Bertz CT molecular complexity index is 2110.